The molecule has 1 fully saturated rings. The second-order valence-corrected chi connectivity index (χ2v) is 6.83. The van der Waals surface area contributed by atoms with Crippen molar-refractivity contribution in [1.29, 1.82) is 0 Å². The van der Waals surface area contributed by atoms with E-state index in [2.05, 4.69) is 55.7 Å². The second-order valence-electron chi connectivity index (χ2n) is 6.83. The first-order chi connectivity index (χ1) is 8.38. The van der Waals surface area contributed by atoms with Gasteiger partial charge in [-0.1, -0.05) is 34.1 Å². The molecule has 0 aromatic carbocycles. The van der Waals surface area contributed by atoms with E-state index >= 15 is 0 Å². The Kier molecular flexibility index (Phi) is 3.69. The van der Waals surface area contributed by atoms with E-state index in [0.29, 0.717) is 17.4 Å². The highest BCUT2D eigenvalue weighted by molar-refractivity contribution is 5.31. The van der Waals surface area contributed by atoms with Crippen LogP contribution in [0.3, 0.4) is 0 Å². The van der Waals surface area contributed by atoms with Crippen molar-refractivity contribution in [2.45, 2.75) is 66.5 Å². The Labute approximate surface area is 111 Å². The molecule has 0 bridgehead atoms. The minimum Gasteiger partial charge on any atom is -0.352 e. The molecule has 102 valence electrons. The normalized spacial score (nSPS) is 22.7. The van der Waals surface area contributed by atoms with Crippen LogP contribution in [0, 0.1) is 18.3 Å². The molecule has 1 aliphatic rings. The van der Waals surface area contributed by atoms with Crippen molar-refractivity contribution >= 4 is 5.95 Å². The third kappa shape index (κ3) is 2.88. The molecule has 18 heavy (non-hydrogen) atoms. The maximum absolute atomic E-state index is 4.64. The van der Waals surface area contributed by atoms with Gasteiger partial charge in [-0.3, -0.25) is 0 Å². The molecule has 0 amide bonds. The summed E-state index contributed by atoms with van der Waals surface area (Å²) in [5.41, 5.74) is 1.50. The first kappa shape index (κ1) is 13.4. The molecule has 3 nitrogen and oxygen atoms in total. The van der Waals surface area contributed by atoms with Gasteiger partial charge in [-0.2, -0.15) is 0 Å². The predicted octanol–water partition coefficient (Wildman–Crippen LogP) is 3.84. The lowest BCUT2D eigenvalue weighted by atomic mass is 9.87. The van der Waals surface area contributed by atoms with Gasteiger partial charge in [0.05, 0.1) is 5.69 Å². The molecular formula is C15H27N3. The van der Waals surface area contributed by atoms with Gasteiger partial charge in [-0.25, -0.2) is 4.98 Å². The number of imidazole rings is 1. The molecule has 1 aromatic rings. The van der Waals surface area contributed by atoms with Crippen molar-refractivity contribution in [2.24, 2.45) is 11.3 Å². The second kappa shape index (κ2) is 4.94. The Morgan fingerprint density at radius 2 is 2.22 bits per heavy atom. The van der Waals surface area contributed by atoms with Gasteiger partial charge in [0.2, 0.25) is 5.95 Å². The van der Waals surface area contributed by atoms with E-state index in [1.54, 1.807) is 0 Å². The van der Waals surface area contributed by atoms with Gasteiger partial charge in [-0.05, 0) is 31.1 Å². The summed E-state index contributed by atoms with van der Waals surface area (Å²) in [6.45, 7) is 12.3. The number of rotatable bonds is 4. The van der Waals surface area contributed by atoms with Crippen molar-refractivity contribution in [3.63, 3.8) is 0 Å². The highest BCUT2D eigenvalue weighted by Crippen LogP contribution is 2.38. The van der Waals surface area contributed by atoms with Gasteiger partial charge in [-0.15, -0.1) is 0 Å². The van der Waals surface area contributed by atoms with Gasteiger partial charge in [0.25, 0.3) is 0 Å². The fraction of sp³-hybridized carbons (Fsp3) is 0.800. The Bertz CT molecular complexity index is 404. The summed E-state index contributed by atoms with van der Waals surface area (Å²) >= 11 is 0. The molecule has 1 aliphatic carbocycles. The molecule has 1 saturated carbocycles. The van der Waals surface area contributed by atoms with Crippen LogP contribution in [0.25, 0.3) is 0 Å². The quantitative estimate of drug-likeness (QED) is 0.878. The number of aryl methyl sites for hydroxylation is 1. The molecule has 1 unspecified atom stereocenters. The standard InChI is InChI=1S/C15H27N3/c1-11(2)9-18-10-12(3)16-14(18)17-13-7-6-8-15(13,4)5/h10-11,13H,6-9H2,1-5H3,(H,16,17). The van der Waals surface area contributed by atoms with Crippen LogP contribution in [0.2, 0.25) is 0 Å². The minimum atomic E-state index is 0.391. The predicted molar refractivity (Wildman–Crippen MR) is 76.8 cm³/mol. The largest absolute Gasteiger partial charge is 0.352 e. The van der Waals surface area contributed by atoms with E-state index in [-0.39, 0.29) is 0 Å². The van der Waals surface area contributed by atoms with E-state index in [1.165, 1.54) is 19.3 Å². The zero-order valence-electron chi connectivity index (χ0n) is 12.5. The molecular weight excluding hydrogens is 222 g/mol. The molecule has 1 heterocycles. The average molecular weight is 249 g/mol. The van der Waals surface area contributed by atoms with Gasteiger partial charge in [0.15, 0.2) is 0 Å². The van der Waals surface area contributed by atoms with Crippen LogP contribution >= 0.6 is 0 Å². The topological polar surface area (TPSA) is 29.9 Å². The van der Waals surface area contributed by atoms with Crippen molar-refractivity contribution in [2.75, 3.05) is 5.32 Å². The fourth-order valence-electron chi connectivity index (χ4n) is 2.94. The Morgan fingerprint density at radius 1 is 1.50 bits per heavy atom. The molecule has 0 saturated heterocycles. The summed E-state index contributed by atoms with van der Waals surface area (Å²) in [4.78, 5) is 4.64. The number of hydrogen-bond acceptors (Lipinski definition) is 2. The molecule has 0 aliphatic heterocycles. The zero-order chi connectivity index (χ0) is 13.3. The van der Waals surface area contributed by atoms with Crippen LogP contribution in [0.1, 0.15) is 52.7 Å². The molecule has 0 radical (unpaired) electrons. The summed E-state index contributed by atoms with van der Waals surface area (Å²) in [5, 5.41) is 3.68. The summed E-state index contributed by atoms with van der Waals surface area (Å²) < 4.78 is 2.27. The van der Waals surface area contributed by atoms with E-state index in [4.69, 9.17) is 0 Å². The SMILES string of the molecule is Cc1cn(CC(C)C)c(NC2CCCC2(C)C)n1. The summed E-state index contributed by atoms with van der Waals surface area (Å²) in [5.74, 6) is 1.71. The van der Waals surface area contributed by atoms with E-state index in [9.17, 15) is 0 Å². The third-order valence-corrected chi connectivity index (χ3v) is 4.02. The highest BCUT2D eigenvalue weighted by atomic mass is 15.2. The maximum atomic E-state index is 4.64. The first-order valence-electron chi connectivity index (χ1n) is 7.19. The fourth-order valence-corrected chi connectivity index (χ4v) is 2.94. The summed E-state index contributed by atoms with van der Waals surface area (Å²) in [7, 11) is 0. The molecule has 3 heteroatoms. The van der Waals surface area contributed by atoms with Crippen LogP contribution in [0.4, 0.5) is 5.95 Å². The van der Waals surface area contributed by atoms with Crippen LogP contribution in [-0.4, -0.2) is 15.6 Å². The summed E-state index contributed by atoms with van der Waals surface area (Å²) in [6, 6.07) is 0.560. The number of aromatic nitrogens is 2. The van der Waals surface area contributed by atoms with E-state index in [1.807, 2.05) is 0 Å². The minimum absolute atomic E-state index is 0.391. The van der Waals surface area contributed by atoms with Gasteiger partial charge < -0.3 is 9.88 Å². The van der Waals surface area contributed by atoms with Crippen molar-refractivity contribution in [1.82, 2.24) is 9.55 Å². The van der Waals surface area contributed by atoms with Crippen LogP contribution in [0.5, 0.6) is 0 Å². The number of anilines is 1. The Morgan fingerprint density at radius 3 is 2.78 bits per heavy atom. The smallest absolute Gasteiger partial charge is 0.203 e. The lowest BCUT2D eigenvalue weighted by Crippen LogP contribution is -2.32. The first-order valence-corrected chi connectivity index (χ1v) is 7.19. The van der Waals surface area contributed by atoms with Crippen LogP contribution in [0.15, 0.2) is 6.20 Å². The number of nitrogens with one attached hydrogen (secondary N) is 1. The molecule has 0 spiro atoms. The molecule has 1 N–H and O–H groups in total. The number of hydrogen-bond donors (Lipinski definition) is 1. The highest BCUT2D eigenvalue weighted by Gasteiger charge is 2.35. The van der Waals surface area contributed by atoms with Crippen LogP contribution in [-0.2, 0) is 6.54 Å². The van der Waals surface area contributed by atoms with E-state index < -0.39 is 0 Å². The van der Waals surface area contributed by atoms with Crippen molar-refractivity contribution in [3.8, 4) is 0 Å². The van der Waals surface area contributed by atoms with Crippen molar-refractivity contribution < 1.29 is 0 Å². The lowest BCUT2D eigenvalue weighted by Gasteiger charge is -2.28. The Balaban J connectivity index is 2.13. The van der Waals surface area contributed by atoms with Gasteiger partial charge in [0, 0.05) is 18.8 Å². The van der Waals surface area contributed by atoms with Gasteiger partial charge >= 0.3 is 0 Å². The zero-order valence-corrected chi connectivity index (χ0v) is 12.5. The van der Waals surface area contributed by atoms with Crippen molar-refractivity contribution in [3.05, 3.63) is 11.9 Å². The number of nitrogens with zero attached hydrogens (tertiary/aromatic N) is 2. The monoisotopic (exact) mass is 249 g/mol. The molecule has 2 rings (SSSR count). The van der Waals surface area contributed by atoms with E-state index in [0.717, 1.165) is 18.2 Å². The molecule has 1 aromatic heterocycles. The van der Waals surface area contributed by atoms with Gasteiger partial charge in [0.1, 0.15) is 0 Å². The molecule has 1 atom stereocenters. The average Bonchev–Trinajstić information content (AvgIpc) is 2.71. The van der Waals surface area contributed by atoms with Crippen LogP contribution < -0.4 is 5.32 Å². The Hall–Kier alpha value is -0.990. The lowest BCUT2D eigenvalue weighted by molar-refractivity contribution is 0.347. The summed E-state index contributed by atoms with van der Waals surface area (Å²) in [6.07, 6.45) is 6.06. The maximum Gasteiger partial charge on any atom is 0.203 e. The third-order valence-electron chi connectivity index (χ3n) is 4.02.